The SMILES string of the molecule is CCCC[S+](CCCC)Cc1ccccc1.O=C(c1ccccc1)N(OS(=O)(=O)[O-])c1ccccc1. The van der Waals surface area contributed by atoms with Gasteiger partial charge in [0.25, 0.3) is 5.91 Å². The standard InChI is InChI=1S/C15H25S.C13H11NO5S/c1-3-5-12-16(13-6-4-2)14-15-10-8-7-9-11-15;15-13(11-7-3-1-4-8-11)14(19-20(16,17)18)12-9-5-2-6-10-12/h7-11H,3-6,12-14H2,1-2H3;1-10H,(H,16,17,18)/q+1;/p-1. The van der Waals surface area contributed by atoms with Gasteiger partial charge in [0, 0.05) is 11.1 Å². The lowest BCUT2D eigenvalue weighted by Gasteiger charge is -2.22. The minimum Gasteiger partial charge on any atom is -0.724 e. The monoisotopic (exact) mass is 529 g/mol. The van der Waals surface area contributed by atoms with Crippen LogP contribution in [0.5, 0.6) is 0 Å². The number of hydroxylamine groups is 1. The fourth-order valence-electron chi connectivity index (χ4n) is 3.30. The molecule has 8 heteroatoms. The van der Waals surface area contributed by atoms with Crippen molar-refractivity contribution in [2.75, 3.05) is 16.6 Å². The first-order valence-electron chi connectivity index (χ1n) is 12.1. The van der Waals surface area contributed by atoms with Gasteiger partial charge < -0.3 is 4.55 Å². The largest absolute Gasteiger partial charge is 0.724 e. The first-order chi connectivity index (χ1) is 17.3. The smallest absolute Gasteiger partial charge is 0.283 e. The predicted molar refractivity (Wildman–Crippen MR) is 148 cm³/mol. The fourth-order valence-corrected chi connectivity index (χ4v) is 6.19. The molecule has 1 amide bonds. The van der Waals surface area contributed by atoms with E-state index in [1.54, 1.807) is 36.4 Å². The molecule has 36 heavy (non-hydrogen) atoms. The molecule has 194 valence electrons. The number of rotatable bonds is 12. The number of carbonyl (C=O) groups is 1. The van der Waals surface area contributed by atoms with Gasteiger partial charge in [0.1, 0.15) is 17.3 Å². The predicted octanol–water partition coefficient (Wildman–Crippen LogP) is 6.13. The Kier molecular flexibility index (Phi) is 13.3. The number of hydrogen-bond acceptors (Lipinski definition) is 5. The van der Waals surface area contributed by atoms with Crippen LogP contribution in [0.15, 0.2) is 91.0 Å². The molecule has 3 aromatic rings. The summed E-state index contributed by atoms with van der Waals surface area (Å²) in [4.78, 5) is 12.2. The Morgan fingerprint density at radius 1 is 0.806 bits per heavy atom. The van der Waals surface area contributed by atoms with Gasteiger partial charge in [-0.15, -0.1) is 4.28 Å². The zero-order valence-electron chi connectivity index (χ0n) is 20.9. The Morgan fingerprint density at radius 3 is 1.75 bits per heavy atom. The van der Waals surface area contributed by atoms with Crippen molar-refractivity contribution in [3.8, 4) is 0 Å². The van der Waals surface area contributed by atoms with E-state index >= 15 is 0 Å². The van der Waals surface area contributed by atoms with Crippen molar-refractivity contribution in [2.24, 2.45) is 0 Å². The van der Waals surface area contributed by atoms with Gasteiger partial charge in [0.2, 0.25) is 10.4 Å². The second-order valence-corrected chi connectivity index (χ2v) is 11.4. The van der Waals surface area contributed by atoms with Crippen molar-refractivity contribution in [1.82, 2.24) is 0 Å². The third kappa shape index (κ3) is 11.4. The molecule has 0 aliphatic rings. The number of benzene rings is 3. The van der Waals surface area contributed by atoms with E-state index in [0.29, 0.717) is 16.0 Å². The van der Waals surface area contributed by atoms with E-state index < -0.39 is 16.3 Å². The molecule has 0 bridgehead atoms. The van der Waals surface area contributed by atoms with E-state index in [9.17, 15) is 17.8 Å². The van der Waals surface area contributed by atoms with Crippen molar-refractivity contribution in [3.63, 3.8) is 0 Å². The number of para-hydroxylation sites is 1. The lowest BCUT2D eigenvalue weighted by molar-refractivity contribution is 0.0868. The first-order valence-corrected chi connectivity index (χ1v) is 15.2. The average Bonchev–Trinajstić information content (AvgIpc) is 2.90. The Hall–Kier alpha value is -2.65. The third-order valence-corrected chi connectivity index (χ3v) is 7.95. The molecule has 0 saturated heterocycles. The van der Waals surface area contributed by atoms with Crippen LogP contribution in [-0.2, 0) is 31.3 Å². The minimum absolute atomic E-state index is 0.140. The molecule has 3 aromatic carbocycles. The van der Waals surface area contributed by atoms with Crippen LogP contribution < -0.4 is 5.06 Å². The van der Waals surface area contributed by atoms with E-state index in [4.69, 9.17) is 0 Å². The molecule has 0 unspecified atom stereocenters. The highest BCUT2D eigenvalue weighted by Crippen LogP contribution is 2.18. The van der Waals surface area contributed by atoms with E-state index in [2.05, 4.69) is 48.5 Å². The molecule has 0 radical (unpaired) electrons. The lowest BCUT2D eigenvalue weighted by atomic mass is 10.2. The number of carbonyl (C=O) groups excluding carboxylic acids is 1. The molecule has 3 rings (SSSR count). The molecule has 0 spiro atoms. The van der Waals surface area contributed by atoms with Gasteiger partial charge in [-0.2, -0.15) is 5.06 Å². The summed E-state index contributed by atoms with van der Waals surface area (Å²) in [5.41, 5.74) is 1.86. The topological polar surface area (TPSA) is 86.7 Å². The van der Waals surface area contributed by atoms with Crippen molar-refractivity contribution in [3.05, 3.63) is 102 Å². The van der Waals surface area contributed by atoms with Crippen molar-refractivity contribution >= 4 is 32.9 Å². The maximum absolute atomic E-state index is 12.2. The van der Waals surface area contributed by atoms with Crippen LogP contribution in [0.3, 0.4) is 0 Å². The minimum atomic E-state index is -5.07. The van der Waals surface area contributed by atoms with Crippen LogP contribution in [0.1, 0.15) is 55.5 Å². The van der Waals surface area contributed by atoms with Gasteiger partial charge >= 0.3 is 0 Å². The summed E-state index contributed by atoms with van der Waals surface area (Å²) in [5, 5.41) is 0.456. The van der Waals surface area contributed by atoms with Crippen LogP contribution in [0.25, 0.3) is 0 Å². The molecular weight excluding hydrogens is 494 g/mol. The quantitative estimate of drug-likeness (QED) is 0.122. The van der Waals surface area contributed by atoms with Crippen LogP contribution in [0, 0.1) is 0 Å². The molecule has 6 nitrogen and oxygen atoms in total. The van der Waals surface area contributed by atoms with Gasteiger partial charge in [-0.3, -0.25) is 4.79 Å². The Bertz CT molecular complexity index is 1100. The molecular formula is C28H35NO5S2. The van der Waals surface area contributed by atoms with Crippen LogP contribution in [-0.4, -0.2) is 30.4 Å². The molecule has 0 aromatic heterocycles. The second kappa shape index (κ2) is 16.2. The molecule has 0 atom stereocenters. The van der Waals surface area contributed by atoms with Gasteiger partial charge in [0.15, 0.2) is 0 Å². The van der Waals surface area contributed by atoms with Gasteiger partial charge in [0.05, 0.1) is 5.69 Å². The van der Waals surface area contributed by atoms with Crippen LogP contribution in [0.4, 0.5) is 5.69 Å². The molecule has 0 saturated carbocycles. The van der Waals surface area contributed by atoms with Gasteiger partial charge in [-0.05, 0) is 48.0 Å². The lowest BCUT2D eigenvalue weighted by Crippen LogP contribution is -2.33. The van der Waals surface area contributed by atoms with E-state index in [1.165, 1.54) is 72.8 Å². The summed E-state index contributed by atoms with van der Waals surface area (Å²) >= 11 is 0. The van der Waals surface area contributed by atoms with Crippen molar-refractivity contribution < 1.29 is 22.0 Å². The molecule has 0 N–H and O–H groups in total. The summed E-state index contributed by atoms with van der Waals surface area (Å²) in [5.74, 6) is 3.42. The highest BCUT2D eigenvalue weighted by molar-refractivity contribution is 7.96. The molecule has 0 fully saturated rings. The Morgan fingerprint density at radius 2 is 1.28 bits per heavy atom. The molecule has 0 heterocycles. The highest BCUT2D eigenvalue weighted by Gasteiger charge is 2.21. The van der Waals surface area contributed by atoms with Crippen molar-refractivity contribution in [1.29, 1.82) is 0 Å². The Balaban J connectivity index is 0.000000261. The zero-order valence-corrected chi connectivity index (χ0v) is 22.5. The van der Waals surface area contributed by atoms with Crippen molar-refractivity contribution in [2.45, 2.75) is 45.3 Å². The number of hydrogen-bond donors (Lipinski definition) is 0. The Labute approximate surface area is 218 Å². The van der Waals surface area contributed by atoms with E-state index in [-0.39, 0.29) is 11.3 Å². The number of amides is 1. The normalized spacial score (nSPS) is 11.0. The van der Waals surface area contributed by atoms with Gasteiger partial charge in [-0.25, -0.2) is 8.42 Å². The zero-order chi connectivity index (χ0) is 26.2. The number of nitrogens with zero attached hydrogens (tertiary/aromatic N) is 1. The first kappa shape index (κ1) is 29.6. The number of anilines is 1. The van der Waals surface area contributed by atoms with Crippen LogP contribution in [0.2, 0.25) is 0 Å². The second-order valence-electron chi connectivity index (χ2n) is 8.14. The summed E-state index contributed by atoms with van der Waals surface area (Å²) in [7, 11) is -4.44. The summed E-state index contributed by atoms with van der Waals surface area (Å²) in [6, 6.07) is 26.6. The fraction of sp³-hybridized carbons (Fsp3) is 0.321. The highest BCUT2D eigenvalue weighted by atomic mass is 32.3. The van der Waals surface area contributed by atoms with E-state index in [1.807, 2.05) is 0 Å². The summed E-state index contributed by atoms with van der Waals surface area (Å²) < 4.78 is 36.6. The molecule has 0 aliphatic carbocycles. The van der Waals surface area contributed by atoms with Crippen LogP contribution >= 0.6 is 0 Å². The van der Waals surface area contributed by atoms with E-state index in [0.717, 1.165) is 0 Å². The maximum atomic E-state index is 12.2. The maximum Gasteiger partial charge on any atom is 0.283 e. The summed E-state index contributed by atoms with van der Waals surface area (Å²) in [6.07, 6.45) is 5.48. The average molecular weight is 530 g/mol. The van der Waals surface area contributed by atoms with Gasteiger partial charge in [-0.1, -0.05) is 93.4 Å². The third-order valence-electron chi connectivity index (χ3n) is 5.15. The number of unbranched alkanes of at least 4 members (excludes halogenated alkanes) is 2. The molecule has 0 aliphatic heterocycles. The summed E-state index contributed by atoms with van der Waals surface area (Å²) in [6.45, 7) is 4.59.